The Bertz CT molecular complexity index is 687. The summed E-state index contributed by atoms with van der Waals surface area (Å²) < 4.78 is 11.0. The molecule has 1 aromatic rings. The fourth-order valence-corrected chi connectivity index (χ4v) is 2.97. The second kappa shape index (κ2) is 8.00. The van der Waals surface area contributed by atoms with Gasteiger partial charge in [-0.25, -0.2) is 5.43 Å². The van der Waals surface area contributed by atoms with Gasteiger partial charge in [-0.3, -0.25) is 9.59 Å². The Balaban J connectivity index is 1.41. The topological polar surface area (TPSA) is 89.0 Å². The van der Waals surface area contributed by atoms with Gasteiger partial charge in [0, 0.05) is 37.1 Å². The number of ether oxygens (including phenoxy) is 2. The third kappa shape index (κ3) is 4.71. The molecule has 2 N–H and O–H groups in total. The standard InChI is InChI=1S/C18H23N3O4/c1-24-15-5-2-13-8-12(11-25-16(13)9-15)10-19-17(22)6-3-14-4-7-18(23)21-20-14/h2,5,9,12H,3-4,6-8,10-11H2,1H3,(H,19,22)(H,21,23). The summed E-state index contributed by atoms with van der Waals surface area (Å²) in [4.78, 5) is 23.0. The second-order valence-corrected chi connectivity index (χ2v) is 6.37. The largest absolute Gasteiger partial charge is 0.497 e. The number of carbonyl (C=O) groups excluding carboxylic acids is 2. The molecule has 2 amide bonds. The second-order valence-electron chi connectivity index (χ2n) is 6.37. The van der Waals surface area contributed by atoms with E-state index in [9.17, 15) is 9.59 Å². The number of amides is 2. The van der Waals surface area contributed by atoms with Crippen LogP contribution < -0.4 is 20.2 Å². The van der Waals surface area contributed by atoms with Crippen molar-refractivity contribution in [3.05, 3.63) is 23.8 Å². The Hall–Kier alpha value is -2.57. The molecule has 0 saturated carbocycles. The summed E-state index contributed by atoms with van der Waals surface area (Å²) in [7, 11) is 1.63. The van der Waals surface area contributed by atoms with Crippen LogP contribution in [-0.2, 0) is 16.0 Å². The van der Waals surface area contributed by atoms with Crippen LogP contribution in [0.15, 0.2) is 23.3 Å². The SMILES string of the molecule is COc1ccc2c(c1)OCC(CNC(=O)CCC1=NNC(=O)CC1)C2. The van der Waals surface area contributed by atoms with Crippen molar-refractivity contribution in [2.24, 2.45) is 11.0 Å². The summed E-state index contributed by atoms with van der Waals surface area (Å²) >= 11 is 0. The van der Waals surface area contributed by atoms with E-state index in [1.165, 1.54) is 0 Å². The zero-order valence-electron chi connectivity index (χ0n) is 14.3. The van der Waals surface area contributed by atoms with Crippen LogP contribution in [0.3, 0.4) is 0 Å². The highest BCUT2D eigenvalue weighted by Gasteiger charge is 2.21. The summed E-state index contributed by atoms with van der Waals surface area (Å²) in [6.07, 6.45) is 2.92. The van der Waals surface area contributed by atoms with Crippen molar-refractivity contribution < 1.29 is 19.1 Å². The molecule has 0 fully saturated rings. The van der Waals surface area contributed by atoms with Gasteiger partial charge < -0.3 is 14.8 Å². The Kier molecular flexibility index (Phi) is 5.53. The van der Waals surface area contributed by atoms with Gasteiger partial charge in [-0.05, 0) is 30.9 Å². The van der Waals surface area contributed by atoms with Crippen molar-refractivity contribution in [2.45, 2.75) is 32.1 Å². The monoisotopic (exact) mass is 345 g/mol. The molecule has 2 aliphatic rings. The Morgan fingerprint density at radius 2 is 2.32 bits per heavy atom. The maximum atomic E-state index is 12.0. The van der Waals surface area contributed by atoms with Crippen LogP contribution in [0.5, 0.6) is 11.5 Å². The third-order valence-electron chi connectivity index (χ3n) is 4.47. The van der Waals surface area contributed by atoms with E-state index >= 15 is 0 Å². The Labute approximate surface area is 146 Å². The molecule has 0 radical (unpaired) electrons. The molecule has 25 heavy (non-hydrogen) atoms. The molecule has 7 nitrogen and oxygen atoms in total. The number of nitrogens with one attached hydrogen (secondary N) is 2. The van der Waals surface area contributed by atoms with E-state index in [0.29, 0.717) is 38.8 Å². The predicted molar refractivity (Wildman–Crippen MR) is 92.7 cm³/mol. The quantitative estimate of drug-likeness (QED) is 0.816. The van der Waals surface area contributed by atoms with Crippen LogP contribution in [0.1, 0.15) is 31.2 Å². The van der Waals surface area contributed by atoms with Crippen LogP contribution in [0.2, 0.25) is 0 Å². The summed E-state index contributed by atoms with van der Waals surface area (Å²) in [5, 5.41) is 6.95. The van der Waals surface area contributed by atoms with Gasteiger partial charge in [-0.15, -0.1) is 0 Å². The maximum Gasteiger partial charge on any atom is 0.240 e. The molecule has 0 saturated heterocycles. The van der Waals surface area contributed by atoms with Gasteiger partial charge >= 0.3 is 0 Å². The van der Waals surface area contributed by atoms with Crippen molar-refractivity contribution in [3.8, 4) is 11.5 Å². The average Bonchev–Trinajstić information content (AvgIpc) is 2.65. The molecule has 1 aromatic carbocycles. The summed E-state index contributed by atoms with van der Waals surface area (Å²) in [5.74, 6) is 1.84. The Morgan fingerprint density at radius 3 is 3.08 bits per heavy atom. The highest BCUT2D eigenvalue weighted by Crippen LogP contribution is 2.30. The van der Waals surface area contributed by atoms with E-state index in [-0.39, 0.29) is 17.7 Å². The molecule has 134 valence electrons. The first-order chi connectivity index (χ1) is 12.1. The fraction of sp³-hybridized carbons (Fsp3) is 0.500. The van der Waals surface area contributed by atoms with Gasteiger partial charge in [0.1, 0.15) is 11.5 Å². The number of benzene rings is 1. The number of nitrogens with zero attached hydrogens (tertiary/aromatic N) is 1. The first-order valence-electron chi connectivity index (χ1n) is 8.54. The highest BCUT2D eigenvalue weighted by atomic mass is 16.5. The molecule has 0 aliphatic carbocycles. The Morgan fingerprint density at radius 1 is 1.44 bits per heavy atom. The predicted octanol–water partition coefficient (Wildman–Crippen LogP) is 1.41. The van der Waals surface area contributed by atoms with E-state index in [1.54, 1.807) is 7.11 Å². The van der Waals surface area contributed by atoms with Crippen LogP contribution in [-0.4, -0.2) is 37.8 Å². The lowest BCUT2D eigenvalue weighted by Crippen LogP contribution is -2.35. The summed E-state index contributed by atoms with van der Waals surface area (Å²) in [6, 6.07) is 5.83. The minimum absolute atomic E-state index is 0.000118. The smallest absolute Gasteiger partial charge is 0.240 e. The van der Waals surface area contributed by atoms with E-state index < -0.39 is 0 Å². The zero-order chi connectivity index (χ0) is 17.6. The molecule has 0 spiro atoms. The van der Waals surface area contributed by atoms with E-state index in [0.717, 1.165) is 29.2 Å². The van der Waals surface area contributed by atoms with Crippen molar-refractivity contribution in [1.82, 2.24) is 10.7 Å². The van der Waals surface area contributed by atoms with E-state index in [4.69, 9.17) is 9.47 Å². The highest BCUT2D eigenvalue weighted by molar-refractivity contribution is 5.94. The number of fused-ring (bicyclic) bond motifs is 1. The lowest BCUT2D eigenvalue weighted by molar-refractivity contribution is -0.121. The minimum Gasteiger partial charge on any atom is -0.497 e. The van der Waals surface area contributed by atoms with Crippen LogP contribution in [0.4, 0.5) is 0 Å². The summed E-state index contributed by atoms with van der Waals surface area (Å²) in [6.45, 7) is 1.17. The lowest BCUT2D eigenvalue weighted by Gasteiger charge is -2.25. The molecular weight excluding hydrogens is 322 g/mol. The third-order valence-corrected chi connectivity index (χ3v) is 4.47. The molecule has 0 aromatic heterocycles. The number of hydrogen-bond donors (Lipinski definition) is 2. The lowest BCUT2D eigenvalue weighted by atomic mass is 9.96. The molecule has 2 heterocycles. The summed E-state index contributed by atoms with van der Waals surface area (Å²) in [5.41, 5.74) is 4.46. The number of rotatable bonds is 6. The van der Waals surface area contributed by atoms with Gasteiger partial charge in [0.05, 0.1) is 13.7 Å². The molecule has 1 atom stereocenters. The van der Waals surface area contributed by atoms with Crippen molar-refractivity contribution in [2.75, 3.05) is 20.3 Å². The van der Waals surface area contributed by atoms with Gasteiger partial charge in [-0.2, -0.15) is 5.10 Å². The number of methoxy groups -OCH3 is 1. The van der Waals surface area contributed by atoms with Gasteiger partial charge in [0.15, 0.2) is 0 Å². The first kappa shape index (κ1) is 17.3. The van der Waals surface area contributed by atoms with E-state index in [2.05, 4.69) is 15.8 Å². The van der Waals surface area contributed by atoms with Crippen molar-refractivity contribution in [1.29, 1.82) is 0 Å². The number of hydrogen-bond acceptors (Lipinski definition) is 5. The molecular formula is C18H23N3O4. The number of carbonyl (C=O) groups is 2. The molecule has 0 bridgehead atoms. The zero-order valence-corrected chi connectivity index (χ0v) is 14.3. The van der Waals surface area contributed by atoms with Crippen LogP contribution in [0.25, 0.3) is 0 Å². The van der Waals surface area contributed by atoms with Gasteiger partial charge in [0.2, 0.25) is 11.8 Å². The van der Waals surface area contributed by atoms with Gasteiger partial charge in [-0.1, -0.05) is 6.07 Å². The fourth-order valence-electron chi connectivity index (χ4n) is 2.97. The average molecular weight is 345 g/mol. The molecule has 3 rings (SSSR count). The normalized spacial score (nSPS) is 19.2. The maximum absolute atomic E-state index is 12.0. The van der Waals surface area contributed by atoms with Crippen LogP contribution >= 0.6 is 0 Å². The molecule has 1 unspecified atom stereocenters. The van der Waals surface area contributed by atoms with Crippen molar-refractivity contribution in [3.63, 3.8) is 0 Å². The first-order valence-corrected chi connectivity index (χ1v) is 8.54. The van der Waals surface area contributed by atoms with Crippen LogP contribution in [0, 0.1) is 5.92 Å². The van der Waals surface area contributed by atoms with Gasteiger partial charge in [0.25, 0.3) is 0 Å². The molecule has 7 heteroatoms. The van der Waals surface area contributed by atoms with Crippen molar-refractivity contribution >= 4 is 17.5 Å². The number of hydrazone groups is 1. The molecule has 2 aliphatic heterocycles. The minimum atomic E-state index is -0.0663. The van der Waals surface area contributed by atoms with E-state index in [1.807, 2.05) is 18.2 Å².